The number of anilines is 2. The highest BCUT2D eigenvalue weighted by atomic mass is 79.9. The summed E-state index contributed by atoms with van der Waals surface area (Å²) in [7, 11) is 0. The van der Waals surface area contributed by atoms with Crippen molar-refractivity contribution in [3.63, 3.8) is 0 Å². The van der Waals surface area contributed by atoms with Crippen LogP contribution in [0.5, 0.6) is 0 Å². The molecule has 0 atom stereocenters. The third kappa shape index (κ3) is 3.17. The summed E-state index contributed by atoms with van der Waals surface area (Å²) >= 11 is 3.50. The van der Waals surface area contributed by atoms with Crippen LogP contribution in [-0.2, 0) is 13.1 Å². The van der Waals surface area contributed by atoms with Crippen LogP contribution in [0.1, 0.15) is 11.1 Å². The molecule has 0 saturated carbocycles. The van der Waals surface area contributed by atoms with E-state index in [2.05, 4.69) is 111 Å². The van der Waals surface area contributed by atoms with E-state index in [1.165, 1.54) is 22.5 Å². The van der Waals surface area contributed by atoms with Crippen molar-refractivity contribution in [3.05, 3.63) is 101 Å². The fourth-order valence-corrected chi connectivity index (χ4v) is 3.33. The van der Waals surface area contributed by atoms with Crippen LogP contribution in [0.25, 0.3) is 0 Å². The molecule has 3 heteroatoms. The second-order valence-corrected chi connectivity index (χ2v) is 6.89. The van der Waals surface area contributed by atoms with Crippen LogP contribution in [-0.4, -0.2) is 0 Å². The van der Waals surface area contributed by atoms with Crippen LogP contribution in [0.4, 0.5) is 11.4 Å². The molecule has 0 bridgehead atoms. The third-order valence-corrected chi connectivity index (χ3v) is 4.77. The predicted octanol–water partition coefficient (Wildman–Crippen LogP) is 5.60. The van der Waals surface area contributed by atoms with E-state index in [0.29, 0.717) is 0 Å². The van der Waals surface area contributed by atoms with Crippen LogP contribution >= 0.6 is 15.9 Å². The molecule has 0 spiro atoms. The van der Waals surface area contributed by atoms with E-state index in [0.717, 1.165) is 17.6 Å². The molecule has 119 valence electrons. The lowest BCUT2D eigenvalue weighted by Gasteiger charge is -2.21. The van der Waals surface area contributed by atoms with Crippen LogP contribution in [0.15, 0.2) is 83.3 Å². The molecular weight excluding hydrogens is 360 g/mol. The molecule has 1 aliphatic heterocycles. The number of hydrogen-bond acceptors (Lipinski definition) is 2. The minimum absolute atomic E-state index is 0.871. The Kier molecular flexibility index (Phi) is 4.26. The molecule has 24 heavy (non-hydrogen) atoms. The standard InChI is InChI=1S/C21H18BrN2/c22-19-12-10-18(11-13-19)15-24-16-23(14-17-6-2-1-3-7-17)20-8-4-5-9-21(20)24/h1-13,16H,14-15H2. The second kappa shape index (κ2) is 6.70. The molecule has 0 amide bonds. The molecule has 4 rings (SSSR count). The highest BCUT2D eigenvalue weighted by molar-refractivity contribution is 9.10. The second-order valence-electron chi connectivity index (χ2n) is 5.97. The van der Waals surface area contributed by atoms with Crippen molar-refractivity contribution in [2.45, 2.75) is 13.1 Å². The zero-order valence-electron chi connectivity index (χ0n) is 13.3. The summed E-state index contributed by atoms with van der Waals surface area (Å²) in [4.78, 5) is 4.64. The van der Waals surface area contributed by atoms with Gasteiger partial charge in [0, 0.05) is 17.6 Å². The number of fused-ring (bicyclic) bond motifs is 1. The van der Waals surface area contributed by atoms with Gasteiger partial charge in [0.1, 0.15) is 6.67 Å². The number of halogens is 1. The third-order valence-electron chi connectivity index (χ3n) is 4.24. The molecule has 0 saturated heterocycles. The highest BCUT2D eigenvalue weighted by Gasteiger charge is 2.26. The first-order chi connectivity index (χ1) is 11.8. The maximum atomic E-state index is 3.50. The van der Waals surface area contributed by atoms with Gasteiger partial charge in [0.25, 0.3) is 0 Å². The Labute approximate surface area is 151 Å². The van der Waals surface area contributed by atoms with Gasteiger partial charge < -0.3 is 9.80 Å². The summed E-state index contributed by atoms with van der Waals surface area (Å²) in [6.45, 7) is 3.98. The molecule has 3 aromatic carbocycles. The average molecular weight is 378 g/mol. The van der Waals surface area contributed by atoms with Gasteiger partial charge in [0.2, 0.25) is 0 Å². The van der Waals surface area contributed by atoms with Gasteiger partial charge in [-0.25, -0.2) is 0 Å². The minimum Gasteiger partial charge on any atom is -0.342 e. The van der Waals surface area contributed by atoms with Gasteiger partial charge in [0.05, 0.1) is 11.4 Å². The topological polar surface area (TPSA) is 6.48 Å². The van der Waals surface area contributed by atoms with Crippen LogP contribution in [0, 0.1) is 6.67 Å². The predicted molar refractivity (Wildman–Crippen MR) is 104 cm³/mol. The lowest BCUT2D eigenvalue weighted by Crippen LogP contribution is -2.24. The maximum absolute atomic E-state index is 3.50. The van der Waals surface area contributed by atoms with Crippen molar-refractivity contribution in [3.8, 4) is 0 Å². The Morgan fingerprint density at radius 2 is 1.08 bits per heavy atom. The van der Waals surface area contributed by atoms with Crippen molar-refractivity contribution < 1.29 is 0 Å². The molecule has 1 heterocycles. The molecule has 0 fully saturated rings. The van der Waals surface area contributed by atoms with Crippen LogP contribution in [0.2, 0.25) is 0 Å². The number of benzene rings is 3. The minimum atomic E-state index is 0.871. The van der Waals surface area contributed by atoms with Gasteiger partial charge in [-0.3, -0.25) is 0 Å². The van der Waals surface area contributed by atoms with E-state index >= 15 is 0 Å². The van der Waals surface area contributed by atoms with E-state index in [9.17, 15) is 0 Å². The van der Waals surface area contributed by atoms with Crippen molar-refractivity contribution in [1.29, 1.82) is 0 Å². The Morgan fingerprint density at radius 3 is 1.67 bits per heavy atom. The molecule has 2 nitrogen and oxygen atoms in total. The summed E-state index contributed by atoms with van der Waals surface area (Å²) in [5.74, 6) is 0. The van der Waals surface area contributed by atoms with Gasteiger partial charge in [0.15, 0.2) is 0 Å². The Hall–Kier alpha value is -2.26. The quantitative estimate of drug-likeness (QED) is 0.584. The van der Waals surface area contributed by atoms with Crippen LogP contribution < -0.4 is 9.80 Å². The molecule has 0 aliphatic carbocycles. The lowest BCUT2D eigenvalue weighted by atomic mass is 10.2. The van der Waals surface area contributed by atoms with Crippen molar-refractivity contribution in [2.75, 3.05) is 9.80 Å². The number of hydrogen-bond donors (Lipinski definition) is 0. The van der Waals surface area contributed by atoms with Crippen molar-refractivity contribution >= 4 is 27.3 Å². The van der Waals surface area contributed by atoms with E-state index in [1.807, 2.05) is 0 Å². The molecule has 1 radical (unpaired) electrons. The first kappa shape index (κ1) is 15.3. The summed E-state index contributed by atoms with van der Waals surface area (Å²) in [6, 6.07) is 27.7. The number of rotatable bonds is 4. The monoisotopic (exact) mass is 377 g/mol. The number of para-hydroxylation sites is 2. The molecule has 1 aliphatic rings. The first-order valence-corrected chi connectivity index (χ1v) is 8.84. The fourth-order valence-electron chi connectivity index (χ4n) is 3.06. The first-order valence-electron chi connectivity index (χ1n) is 8.05. The van der Waals surface area contributed by atoms with Crippen molar-refractivity contribution in [1.82, 2.24) is 0 Å². The molecule has 0 aromatic heterocycles. The van der Waals surface area contributed by atoms with Gasteiger partial charge in [-0.1, -0.05) is 70.5 Å². The van der Waals surface area contributed by atoms with E-state index in [1.54, 1.807) is 0 Å². The maximum Gasteiger partial charge on any atom is 0.142 e. The van der Waals surface area contributed by atoms with E-state index in [4.69, 9.17) is 0 Å². The van der Waals surface area contributed by atoms with E-state index < -0.39 is 0 Å². The smallest absolute Gasteiger partial charge is 0.142 e. The summed E-state index contributed by atoms with van der Waals surface area (Å²) < 4.78 is 1.11. The zero-order valence-corrected chi connectivity index (χ0v) is 14.9. The molecule has 0 N–H and O–H groups in total. The summed E-state index contributed by atoms with van der Waals surface area (Å²) in [5.41, 5.74) is 5.13. The van der Waals surface area contributed by atoms with Gasteiger partial charge >= 0.3 is 0 Å². The fraction of sp³-hybridized carbons (Fsp3) is 0.0952. The average Bonchev–Trinajstić information content (AvgIpc) is 2.96. The van der Waals surface area contributed by atoms with Gasteiger partial charge in [-0.15, -0.1) is 0 Å². The Balaban J connectivity index is 1.57. The molecular formula is C21H18BrN2. The SMILES string of the molecule is Brc1ccc(CN2[CH]N(Cc3ccccc3)c3ccccc32)cc1. The normalized spacial score (nSPS) is 13.2. The van der Waals surface area contributed by atoms with E-state index in [-0.39, 0.29) is 0 Å². The summed E-state index contributed by atoms with van der Waals surface area (Å²) in [5, 5.41) is 0. The zero-order chi connectivity index (χ0) is 16.4. The van der Waals surface area contributed by atoms with Crippen molar-refractivity contribution in [2.24, 2.45) is 0 Å². The number of nitrogens with zero attached hydrogens (tertiary/aromatic N) is 2. The lowest BCUT2D eigenvalue weighted by molar-refractivity contribution is 0.849. The summed E-state index contributed by atoms with van der Waals surface area (Å²) in [6.07, 6.45) is 0. The highest BCUT2D eigenvalue weighted by Crippen LogP contribution is 2.39. The van der Waals surface area contributed by atoms with Gasteiger partial charge in [-0.2, -0.15) is 0 Å². The molecule has 0 unspecified atom stereocenters. The largest absolute Gasteiger partial charge is 0.342 e. The Morgan fingerprint density at radius 1 is 0.583 bits per heavy atom. The van der Waals surface area contributed by atoms with Crippen LogP contribution in [0.3, 0.4) is 0 Å². The van der Waals surface area contributed by atoms with Gasteiger partial charge in [-0.05, 0) is 35.4 Å². The molecule has 3 aromatic rings. The Bertz CT molecular complexity index is 815.